The quantitative estimate of drug-likeness (QED) is 0.434. The Hall–Kier alpha value is -2.20. The van der Waals surface area contributed by atoms with Gasteiger partial charge in [0.15, 0.2) is 6.04 Å². The van der Waals surface area contributed by atoms with E-state index < -0.39 is 12.0 Å². The maximum atomic E-state index is 10.6. The van der Waals surface area contributed by atoms with Gasteiger partial charge < -0.3 is 10.2 Å². The Morgan fingerprint density at radius 2 is 2.00 bits per heavy atom. The van der Waals surface area contributed by atoms with Crippen LogP contribution >= 0.6 is 0 Å². The Morgan fingerprint density at radius 1 is 1.43 bits per heavy atom. The molecule has 1 aromatic rings. The van der Waals surface area contributed by atoms with Crippen LogP contribution in [0.15, 0.2) is 29.4 Å². The number of aromatic hydroxyl groups is 1. The van der Waals surface area contributed by atoms with E-state index in [9.17, 15) is 4.79 Å². The fraction of sp³-hybridized carbons (Fsp3) is 0.125. The molecule has 0 heterocycles. The van der Waals surface area contributed by atoms with Crippen molar-refractivity contribution in [1.29, 1.82) is 0 Å². The molecule has 1 aromatic carbocycles. The van der Waals surface area contributed by atoms with E-state index in [1.807, 2.05) is 0 Å². The molecule has 2 N–H and O–H groups in total. The van der Waals surface area contributed by atoms with E-state index in [0.29, 0.717) is 5.56 Å². The van der Waals surface area contributed by atoms with Gasteiger partial charge in [-0.3, -0.25) is 4.79 Å². The second-order valence-electron chi connectivity index (χ2n) is 2.54. The third-order valence-electron chi connectivity index (χ3n) is 1.61. The van der Waals surface area contributed by atoms with E-state index >= 15 is 0 Å². The first-order valence-electron chi connectivity index (χ1n) is 3.71. The van der Waals surface area contributed by atoms with Gasteiger partial charge in [-0.25, -0.2) is 0 Å². The molecule has 6 nitrogen and oxygen atoms in total. The van der Waals surface area contributed by atoms with E-state index in [1.165, 1.54) is 24.3 Å². The van der Waals surface area contributed by atoms with Gasteiger partial charge in [-0.15, -0.1) is 0 Å². The molecule has 0 fully saturated rings. The lowest BCUT2D eigenvalue weighted by Crippen LogP contribution is -2.07. The Kier molecular flexibility index (Phi) is 2.93. The van der Waals surface area contributed by atoms with Gasteiger partial charge in [0, 0.05) is 4.91 Å². The van der Waals surface area contributed by atoms with Crippen LogP contribution in [-0.4, -0.2) is 16.2 Å². The zero-order valence-corrected chi connectivity index (χ0v) is 7.03. The van der Waals surface area contributed by atoms with Crippen molar-refractivity contribution in [1.82, 2.24) is 0 Å². The molecule has 0 saturated heterocycles. The Balaban J connectivity index is 3.05. The second-order valence-corrected chi connectivity index (χ2v) is 2.54. The second kappa shape index (κ2) is 4.15. The highest BCUT2D eigenvalue weighted by Crippen LogP contribution is 2.20. The summed E-state index contributed by atoms with van der Waals surface area (Å²) in [7, 11) is 0. The van der Waals surface area contributed by atoms with Crippen molar-refractivity contribution in [2.45, 2.75) is 6.04 Å². The number of phenols is 1. The number of benzene rings is 1. The van der Waals surface area contributed by atoms with Crippen LogP contribution in [0, 0.1) is 0 Å². The highest BCUT2D eigenvalue weighted by molar-refractivity contribution is 5.75. The van der Waals surface area contributed by atoms with Crippen LogP contribution in [0.1, 0.15) is 11.6 Å². The summed E-state index contributed by atoms with van der Waals surface area (Å²) in [6.45, 7) is 0. The fourth-order valence-electron chi connectivity index (χ4n) is 0.967. The van der Waals surface area contributed by atoms with E-state index in [4.69, 9.17) is 15.7 Å². The number of carboxylic acid groups (broad SMARTS) is 1. The maximum absolute atomic E-state index is 10.6. The predicted molar refractivity (Wildman–Crippen MR) is 47.6 cm³/mol. The van der Waals surface area contributed by atoms with Gasteiger partial charge in [0.1, 0.15) is 5.75 Å². The third-order valence-corrected chi connectivity index (χ3v) is 1.61. The van der Waals surface area contributed by atoms with E-state index in [1.54, 1.807) is 0 Å². The Morgan fingerprint density at radius 3 is 2.43 bits per heavy atom. The van der Waals surface area contributed by atoms with Gasteiger partial charge in [-0.2, -0.15) is 0 Å². The molecule has 0 aromatic heterocycles. The van der Waals surface area contributed by atoms with Gasteiger partial charge in [0.2, 0.25) is 0 Å². The molecule has 0 aliphatic carbocycles. The van der Waals surface area contributed by atoms with E-state index in [0.717, 1.165) is 0 Å². The lowest BCUT2D eigenvalue weighted by Gasteiger charge is -2.05. The van der Waals surface area contributed by atoms with Crippen LogP contribution in [0.4, 0.5) is 0 Å². The largest absolute Gasteiger partial charge is 0.508 e. The molecule has 0 saturated carbocycles. The first-order valence-corrected chi connectivity index (χ1v) is 3.71. The molecular weight excluding hydrogens is 186 g/mol. The molecule has 1 rings (SSSR count). The topological polar surface area (TPSA) is 106 Å². The van der Waals surface area contributed by atoms with Crippen molar-refractivity contribution in [3.63, 3.8) is 0 Å². The average Bonchev–Trinajstić information content (AvgIpc) is 2.15. The number of hydrogen-bond donors (Lipinski definition) is 2. The maximum Gasteiger partial charge on any atom is 0.316 e. The first kappa shape index (κ1) is 9.88. The number of phenolic OH excluding ortho intramolecular Hbond substituents is 1. The summed E-state index contributed by atoms with van der Waals surface area (Å²) in [4.78, 5) is 13.1. The molecule has 1 unspecified atom stereocenters. The highest BCUT2D eigenvalue weighted by Gasteiger charge is 2.17. The molecule has 0 radical (unpaired) electrons. The molecule has 0 spiro atoms. The lowest BCUT2D eigenvalue weighted by molar-refractivity contribution is -0.138. The molecule has 1 atom stereocenters. The number of rotatable bonds is 3. The standard InChI is InChI=1S/C8H7N3O3/c9-11-10-7(8(13)14)5-1-3-6(12)4-2-5/h1-4,7,12H,(H,13,14). The third kappa shape index (κ3) is 2.15. The Bertz CT molecular complexity index is 379. The van der Waals surface area contributed by atoms with Gasteiger partial charge in [0.05, 0.1) is 0 Å². The molecule has 6 heteroatoms. The molecule has 0 aliphatic rings. The van der Waals surface area contributed by atoms with Crippen LogP contribution < -0.4 is 0 Å². The molecule has 0 amide bonds. The summed E-state index contributed by atoms with van der Waals surface area (Å²) >= 11 is 0. The molecule has 0 bridgehead atoms. The van der Waals surface area contributed by atoms with E-state index in [2.05, 4.69) is 10.0 Å². The summed E-state index contributed by atoms with van der Waals surface area (Å²) in [5, 5.41) is 20.8. The number of nitrogens with zero attached hydrogens (tertiary/aromatic N) is 3. The monoisotopic (exact) mass is 193 g/mol. The molecule has 14 heavy (non-hydrogen) atoms. The van der Waals surface area contributed by atoms with Crippen molar-refractivity contribution >= 4 is 5.97 Å². The molecule has 72 valence electrons. The first-order chi connectivity index (χ1) is 6.65. The average molecular weight is 193 g/mol. The van der Waals surface area contributed by atoms with Gasteiger partial charge in [0.25, 0.3) is 0 Å². The van der Waals surface area contributed by atoms with Crippen molar-refractivity contribution in [3.05, 3.63) is 40.3 Å². The number of carboxylic acids is 1. The summed E-state index contributed by atoms with van der Waals surface area (Å²) in [5.74, 6) is -1.20. The van der Waals surface area contributed by atoms with Crippen LogP contribution in [0.5, 0.6) is 5.75 Å². The minimum Gasteiger partial charge on any atom is -0.508 e. The zero-order chi connectivity index (χ0) is 10.6. The van der Waals surface area contributed by atoms with Crippen molar-refractivity contribution in [2.75, 3.05) is 0 Å². The number of azide groups is 1. The summed E-state index contributed by atoms with van der Waals surface area (Å²) in [5.41, 5.74) is 8.47. The van der Waals surface area contributed by atoms with Crippen LogP contribution in [0.3, 0.4) is 0 Å². The number of carbonyl (C=O) groups is 1. The number of aliphatic carboxylic acids is 1. The van der Waals surface area contributed by atoms with Crippen LogP contribution in [-0.2, 0) is 4.79 Å². The van der Waals surface area contributed by atoms with Crippen molar-refractivity contribution in [3.8, 4) is 5.75 Å². The highest BCUT2D eigenvalue weighted by atomic mass is 16.4. The minimum atomic E-state index is -1.25. The summed E-state index contributed by atoms with van der Waals surface area (Å²) in [6, 6.07) is 4.20. The summed E-state index contributed by atoms with van der Waals surface area (Å²) in [6.07, 6.45) is 0. The lowest BCUT2D eigenvalue weighted by atomic mass is 10.1. The smallest absolute Gasteiger partial charge is 0.316 e. The number of hydrogen-bond acceptors (Lipinski definition) is 3. The molecular formula is C8H7N3O3. The van der Waals surface area contributed by atoms with Crippen LogP contribution in [0.2, 0.25) is 0 Å². The summed E-state index contributed by atoms with van der Waals surface area (Å²) < 4.78 is 0. The van der Waals surface area contributed by atoms with Crippen LogP contribution in [0.25, 0.3) is 10.4 Å². The minimum absolute atomic E-state index is 0.0267. The molecule has 0 aliphatic heterocycles. The van der Waals surface area contributed by atoms with Crippen molar-refractivity contribution in [2.24, 2.45) is 5.11 Å². The zero-order valence-electron chi connectivity index (χ0n) is 7.03. The van der Waals surface area contributed by atoms with Gasteiger partial charge in [-0.05, 0) is 23.2 Å². The van der Waals surface area contributed by atoms with Gasteiger partial charge in [-0.1, -0.05) is 17.2 Å². The van der Waals surface area contributed by atoms with Crippen molar-refractivity contribution < 1.29 is 15.0 Å². The normalized spacial score (nSPS) is 11.4. The Labute approximate surface area is 79.0 Å². The van der Waals surface area contributed by atoms with E-state index in [-0.39, 0.29) is 5.75 Å². The fourth-order valence-corrected chi connectivity index (χ4v) is 0.967. The van der Waals surface area contributed by atoms with Gasteiger partial charge >= 0.3 is 5.97 Å². The predicted octanol–water partition coefficient (Wildman–Crippen LogP) is 1.83. The SMILES string of the molecule is [N-]=[N+]=NC(C(=O)O)c1ccc(O)cc1.